The lowest BCUT2D eigenvalue weighted by atomic mass is 9.95. The summed E-state index contributed by atoms with van der Waals surface area (Å²) in [6.45, 7) is 4.06. The second-order valence-electron chi connectivity index (χ2n) is 5.65. The Morgan fingerprint density at radius 3 is 2.90 bits per heavy atom. The molecule has 0 aliphatic carbocycles. The molecule has 0 spiro atoms. The molecular weight excluding hydrogens is 269 g/mol. The van der Waals surface area contributed by atoms with Crippen LogP contribution in [0.25, 0.3) is 0 Å². The maximum Gasteiger partial charge on any atom is 0.128 e. The molecule has 0 bridgehead atoms. The zero-order valence-corrected chi connectivity index (χ0v) is 12.3. The average molecular weight is 291 g/mol. The van der Waals surface area contributed by atoms with Gasteiger partial charge in [-0.25, -0.2) is 4.39 Å². The van der Waals surface area contributed by atoms with Crippen molar-refractivity contribution in [3.05, 3.63) is 35.1 Å². The van der Waals surface area contributed by atoms with Gasteiger partial charge in [-0.1, -0.05) is 24.8 Å². The van der Waals surface area contributed by atoms with Crippen LogP contribution in [0.5, 0.6) is 0 Å². The summed E-state index contributed by atoms with van der Waals surface area (Å²) in [6.07, 6.45) is 1.01. The Morgan fingerprint density at radius 2 is 2.24 bits per heavy atom. The molecule has 0 aromatic heterocycles. The van der Waals surface area contributed by atoms with Gasteiger partial charge in [0.25, 0.3) is 0 Å². The van der Waals surface area contributed by atoms with E-state index >= 15 is 0 Å². The number of likely N-dealkylation sites (tertiary alicyclic amines) is 1. The Labute approximate surface area is 125 Å². The highest BCUT2D eigenvalue weighted by Crippen LogP contribution is 2.20. The molecule has 1 aromatic rings. The summed E-state index contributed by atoms with van der Waals surface area (Å²) in [5.74, 6) is 5.66. The number of aliphatic hydroxyl groups excluding tert-OH is 2. The number of aliphatic hydroxyl groups is 2. The SMILES string of the molecule is CC1CCN(Cc2ccc(C#CCCO)cc2F)CC1O. The van der Waals surface area contributed by atoms with Crippen molar-refractivity contribution in [1.82, 2.24) is 4.90 Å². The topological polar surface area (TPSA) is 43.7 Å². The number of hydrogen-bond acceptors (Lipinski definition) is 3. The summed E-state index contributed by atoms with van der Waals surface area (Å²) in [5.41, 5.74) is 1.25. The summed E-state index contributed by atoms with van der Waals surface area (Å²) in [7, 11) is 0. The van der Waals surface area contributed by atoms with E-state index in [-0.39, 0.29) is 18.5 Å². The van der Waals surface area contributed by atoms with Crippen LogP contribution >= 0.6 is 0 Å². The number of halogens is 1. The van der Waals surface area contributed by atoms with Crippen molar-refractivity contribution in [2.24, 2.45) is 5.92 Å². The lowest BCUT2D eigenvalue weighted by Gasteiger charge is -2.34. The van der Waals surface area contributed by atoms with Crippen LogP contribution < -0.4 is 0 Å². The minimum absolute atomic E-state index is 0.0171. The second kappa shape index (κ2) is 7.56. The van der Waals surface area contributed by atoms with E-state index in [1.165, 1.54) is 6.07 Å². The summed E-state index contributed by atoms with van der Waals surface area (Å²) in [5, 5.41) is 18.5. The molecule has 114 valence electrons. The van der Waals surface area contributed by atoms with E-state index < -0.39 is 0 Å². The smallest absolute Gasteiger partial charge is 0.128 e. The van der Waals surface area contributed by atoms with Crippen molar-refractivity contribution in [3.63, 3.8) is 0 Å². The fourth-order valence-electron chi connectivity index (χ4n) is 2.47. The van der Waals surface area contributed by atoms with Crippen molar-refractivity contribution >= 4 is 0 Å². The van der Waals surface area contributed by atoms with Gasteiger partial charge < -0.3 is 10.2 Å². The highest BCUT2D eigenvalue weighted by molar-refractivity contribution is 5.37. The van der Waals surface area contributed by atoms with Crippen molar-refractivity contribution < 1.29 is 14.6 Å². The largest absolute Gasteiger partial charge is 0.395 e. The van der Waals surface area contributed by atoms with Crippen molar-refractivity contribution in [2.45, 2.75) is 32.4 Å². The molecule has 1 fully saturated rings. The van der Waals surface area contributed by atoms with E-state index in [1.807, 2.05) is 6.92 Å². The zero-order valence-electron chi connectivity index (χ0n) is 12.3. The Balaban J connectivity index is 2.00. The predicted octanol–water partition coefficient (Wildman–Crippen LogP) is 1.76. The maximum absolute atomic E-state index is 14.1. The van der Waals surface area contributed by atoms with Crippen molar-refractivity contribution in [1.29, 1.82) is 0 Å². The van der Waals surface area contributed by atoms with Crippen LogP contribution in [0.2, 0.25) is 0 Å². The van der Waals surface area contributed by atoms with Gasteiger partial charge >= 0.3 is 0 Å². The number of hydrogen-bond donors (Lipinski definition) is 2. The van der Waals surface area contributed by atoms with Gasteiger partial charge in [0.2, 0.25) is 0 Å². The van der Waals surface area contributed by atoms with E-state index in [9.17, 15) is 9.50 Å². The molecule has 2 unspecified atom stereocenters. The van der Waals surface area contributed by atoms with Crippen LogP contribution in [-0.2, 0) is 6.54 Å². The molecule has 0 radical (unpaired) electrons. The first kappa shape index (κ1) is 16.0. The van der Waals surface area contributed by atoms with Gasteiger partial charge in [0.05, 0.1) is 12.7 Å². The fourth-order valence-corrected chi connectivity index (χ4v) is 2.47. The second-order valence-corrected chi connectivity index (χ2v) is 5.65. The summed E-state index contributed by atoms with van der Waals surface area (Å²) in [4.78, 5) is 2.08. The number of rotatable bonds is 3. The van der Waals surface area contributed by atoms with Gasteiger partial charge in [0, 0.05) is 30.6 Å². The van der Waals surface area contributed by atoms with Gasteiger partial charge in [-0.2, -0.15) is 0 Å². The van der Waals surface area contributed by atoms with E-state index in [2.05, 4.69) is 16.7 Å². The van der Waals surface area contributed by atoms with E-state index in [4.69, 9.17) is 5.11 Å². The van der Waals surface area contributed by atoms with Crippen LogP contribution in [0.15, 0.2) is 18.2 Å². The minimum atomic E-state index is -0.328. The normalized spacial score (nSPS) is 22.7. The van der Waals surface area contributed by atoms with Gasteiger partial charge in [-0.3, -0.25) is 4.90 Å². The third-order valence-electron chi connectivity index (χ3n) is 3.92. The third kappa shape index (κ3) is 4.53. The lowest BCUT2D eigenvalue weighted by molar-refractivity contribution is 0.0255. The van der Waals surface area contributed by atoms with Crippen LogP contribution in [0.3, 0.4) is 0 Å². The molecule has 1 aliphatic heterocycles. The van der Waals surface area contributed by atoms with Gasteiger partial charge in [-0.15, -0.1) is 0 Å². The number of piperidine rings is 1. The number of nitrogens with zero attached hydrogens (tertiary/aromatic N) is 1. The summed E-state index contributed by atoms with van der Waals surface area (Å²) in [6, 6.07) is 4.98. The highest BCUT2D eigenvalue weighted by Gasteiger charge is 2.24. The van der Waals surface area contributed by atoms with Crippen molar-refractivity contribution in [3.8, 4) is 11.8 Å². The molecule has 2 N–H and O–H groups in total. The average Bonchev–Trinajstić information content (AvgIpc) is 2.46. The minimum Gasteiger partial charge on any atom is -0.395 e. The number of benzene rings is 1. The highest BCUT2D eigenvalue weighted by atomic mass is 19.1. The Morgan fingerprint density at radius 1 is 1.43 bits per heavy atom. The van der Waals surface area contributed by atoms with E-state index in [1.54, 1.807) is 12.1 Å². The quantitative estimate of drug-likeness (QED) is 0.834. The first-order chi connectivity index (χ1) is 10.1. The van der Waals surface area contributed by atoms with Crippen LogP contribution in [0.1, 0.15) is 30.9 Å². The molecule has 1 heterocycles. The first-order valence-electron chi connectivity index (χ1n) is 7.38. The van der Waals surface area contributed by atoms with Gasteiger partial charge in [-0.05, 0) is 31.0 Å². The molecule has 1 aromatic carbocycles. The predicted molar refractivity (Wildman–Crippen MR) is 80.0 cm³/mol. The molecule has 1 aliphatic rings. The molecule has 4 heteroatoms. The zero-order chi connectivity index (χ0) is 15.2. The molecule has 1 saturated heterocycles. The molecule has 2 rings (SSSR count). The summed E-state index contributed by atoms with van der Waals surface area (Å²) >= 11 is 0. The van der Waals surface area contributed by atoms with Crippen molar-refractivity contribution in [2.75, 3.05) is 19.7 Å². The Hall–Kier alpha value is -1.41. The lowest BCUT2D eigenvalue weighted by Crippen LogP contribution is -2.42. The summed E-state index contributed by atoms with van der Waals surface area (Å²) < 4.78 is 14.1. The standard InChI is InChI=1S/C17H22FNO2/c1-13-7-8-19(12-17(13)21)11-15-6-5-14(10-16(15)18)4-2-3-9-20/h5-6,10,13,17,20-21H,3,7-9,11-12H2,1H3. The molecule has 21 heavy (non-hydrogen) atoms. The molecular formula is C17H22FNO2. The van der Waals surface area contributed by atoms with E-state index in [0.29, 0.717) is 36.6 Å². The third-order valence-corrected chi connectivity index (χ3v) is 3.92. The molecule has 0 amide bonds. The number of β-amino-alcohol motifs (C(OH)–C–C–N with tert-alkyl or cyclic N) is 1. The van der Waals surface area contributed by atoms with Crippen LogP contribution in [0, 0.1) is 23.6 Å². The van der Waals surface area contributed by atoms with Crippen LogP contribution in [0.4, 0.5) is 4.39 Å². The molecule has 2 atom stereocenters. The van der Waals surface area contributed by atoms with Gasteiger partial charge in [0.15, 0.2) is 0 Å². The molecule has 0 saturated carbocycles. The van der Waals surface area contributed by atoms with Crippen LogP contribution in [-0.4, -0.2) is 40.9 Å². The fraction of sp³-hybridized carbons (Fsp3) is 0.529. The van der Waals surface area contributed by atoms with E-state index in [0.717, 1.165) is 13.0 Å². The Bertz CT molecular complexity index is 535. The maximum atomic E-state index is 14.1. The first-order valence-corrected chi connectivity index (χ1v) is 7.38. The molecule has 3 nitrogen and oxygen atoms in total. The monoisotopic (exact) mass is 291 g/mol. The van der Waals surface area contributed by atoms with Gasteiger partial charge in [0.1, 0.15) is 5.82 Å². The Kier molecular flexibility index (Phi) is 5.75.